The van der Waals surface area contributed by atoms with Gasteiger partial charge in [-0.25, -0.2) is 0 Å². The van der Waals surface area contributed by atoms with Crippen LogP contribution >= 0.6 is 0 Å². The molecule has 2 aromatic rings. The summed E-state index contributed by atoms with van der Waals surface area (Å²) >= 11 is 0. The zero-order valence-corrected chi connectivity index (χ0v) is 19.3. The Hall–Kier alpha value is -2.76. The van der Waals surface area contributed by atoms with Gasteiger partial charge in [0.2, 0.25) is 11.8 Å². The van der Waals surface area contributed by atoms with Gasteiger partial charge < -0.3 is 19.1 Å². The maximum atomic E-state index is 13.5. The normalized spacial score (nSPS) is 16.6. The summed E-state index contributed by atoms with van der Waals surface area (Å²) in [5.74, 6) is 0.897. The lowest BCUT2D eigenvalue weighted by atomic mass is 9.93. The molecule has 0 saturated heterocycles. The molecule has 0 atom stereocenters. The first kappa shape index (κ1) is 22.4. The van der Waals surface area contributed by atoms with E-state index in [0.29, 0.717) is 19.0 Å². The first-order chi connectivity index (χ1) is 15.5. The number of rotatable bonds is 9. The van der Waals surface area contributed by atoms with Crippen LogP contribution in [0.25, 0.3) is 0 Å². The summed E-state index contributed by atoms with van der Waals surface area (Å²) in [6, 6.07) is 12.2. The van der Waals surface area contributed by atoms with Crippen molar-refractivity contribution in [2.45, 2.75) is 70.0 Å². The Morgan fingerprint density at radius 3 is 2.22 bits per heavy atom. The summed E-state index contributed by atoms with van der Waals surface area (Å²) in [7, 11) is 3.65. The summed E-state index contributed by atoms with van der Waals surface area (Å²) < 4.78 is 7.29. The molecule has 2 aliphatic carbocycles. The summed E-state index contributed by atoms with van der Waals surface area (Å²) in [5.41, 5.74) is 2.07. The molecule has 0 unspecified atom stereocenters. The fraction of sp³-hybridized carbons (Fsp3) is 0.538. The number of hydrogen-bond donors (Lipinski definition) is 0. The van der Waals surface area contributed by atoms with Gasteiger partial charge in [0, 0.05) is 31.0 Å². The summed E-state index contributed by atoms with van der Waals surface area (Å²) in [5, 5.41) is 0. The minimum atomic E-state index is 0.0463. The molecule has 2 fully saturated rings. The Bertz CT molecular complexity index is 911. The van der Waals surface area contributed by atoms with E-state index in [4.69, 9.17) is 4.74 Å². The van der Waals surface area contributed by atoms with Crippen LogP contribution in [-0.4, -0.2) is 51.9 Å². The number of hydrogen-bond acceptors (Lipinski definition) is 3. The molecule has 0 N–H and O–H groups in total. The Labute approximate surface area is 191 Å². The van der Waals surface area contributed by atoms with Crippen LogP contribution in [0.5, 0.6) is 5.75 Å². The number of methoxy groups -OCH3 is 1. The van der Waals surface area contributed by atoms with E-state index in [0.717, 1.165) is 55.5 Å². The highest BCUT2D eigenvalue weighted by Gasteiger charge is 2.35. The number of carbonyl (C=O) groups excluding carboxylic acids is 2. The third-order valence-corrected chi connectivity index (χ3v) is 6.85. The highest BCUT2D eigenvalue weighted by Crippen LogP contribution is 2.30. The SMILES string of the molecule is COc1ccc(CC(=O)N(CC(=O)N(Cc2cccn2C)C2CC2)C2CCCCC2)cc1. The van der Waals surface area contributed by atoms with Gasteiger partial charge in [0.25, 0.3) is 0 Å². The molecule has 1 heterocycles. The predicted octanol–water partition coefficient (Wildman–Crippen LogP) is 3.93. The van der Waals surface area contributed by atoms with E-state index in [2.05, 4.69) is 10.6 Å². The van der Waals surface area contributed by atoms with Gasteiger partial charge in [0.05, 0.1) is 20.1 Å². The molecule has 1 aromatic heterocycles. The van der Waals surface area contributed by atoms with Crippen molar-refractivity contribution < 1.29 is 14.3 Å². The molecule has 0 radical (unpaired) electrons. The largest absolute Gasteiger partial charge is 0.497 e. The molecule has 172 valence electrons. The monoisotopic (exact) mass is 437 g/mol. The molecular formula is C26H35N3O3. The summed E-state index contributed by atoms with van der Waals surface area (Å²) in [6.45, 7) is 0.790. The lowest BCUT2D eigenvalue weighted by molar-refractivity contribution is -0.143. The van der Waals surface area contributed by atoms with Crippen LogP contribution in [-0.2, 0) is 29.6 Å². The summed E-state index contributed by atoms with van der Waals surface area (Å²) in [4.78, 5) is 30.7. The Kier molecular flexibility index (Phi) is 7.18. The number of ether oxygens (including phenoxy) is 1. The molecule has 4 rings (SSSR count). The molecular weight excluding hydrogens is 402 g/mol. The van der Waals surface area contributed by atoms with Gasteiger partial charge in [-0.3, -0.25) is 9.59 Å². The molecule has 0 aliphatic heterocycles. The van der Waals surface area contributed by atoms with Crippen molar-refractivity contribution in [1.82, 2.24) is 14.4 Å². The van der Waals surface area contributed by atoms with Gasteiger partial charge >= 0.3 is 0 Å². The van der Waals surface area contributed by atoms with E-state index in [1.54, 1.807) is 7.11 Å². The minimum absolute atomic E-state index is 0.0463. The average Bonchev–Trinajstić information content (AvgIpc) is 3.58. The van der Waals surface area contributed by atoms with Crippen LogP contribution in [0.3, 0.4) is 0 Å². The molecule has 6 nitrogen and oxygen atoms in total. The quantitative estimate of drug-likeness (QED) is 0.597. The molecule has 2 saturated carbocycles. The number of aromatic nitrogens is 1. The fourth-order valence-electron chi connectivity index (χ4n) is 4.71. The highest BCUT2D eigenvalue weighted by atomic mass is 16.5. The Morgan fingerprint density at radius 1 is 0.938 bits per heavy atom. The van der Waals surface area contributed by atoms with Crippen molar-refractivity contribution in [3.05, 3.63) is 53.9 Å². The Morgan fingerprint density at radius 2 is 1.62 bits per heavy atom. The summed E-state index contributed by atoms with van der Waals surface area (Å²) in [6.07, 6.45) is 9.88. The van der Waals surface area contributed by atoms with Crippen LogP contribution in [0.15, 0.2) is 42.6 Å². The third kappa shape index (κ3) is 5.53. The second-order valence-electron chi connectivity index (χ2n) is 9.20. The molecule has 6 heteroatoms. The van der Waals surface area contributed by atoms with E-state index in [1.807, 2.05) is 53.4 Å². The predicted molar refractivity (Wildman–Crippen MR) is 124 cm³/mol. The maximum absolute atomic E-state index is 13.5. The van der Waals surface area contributed by atoms with Crippen LogP contribution in [0.4, 0.5) is 0 Å². The molecule has 32 heavy (non-hydrogen) atoms. The molecule has 2 amide bonds. The second kappa shape index (κ2) is 10.2. The highest BCUT2D eigenvalue weighted by molar-refractivity contribution is 5.86. The number of carbonyl (C=O) groups is 2. The van der Waals surface area contributed by atoms with Crippen molar-refractivity contribution in [2.24, 2.45) is 7.05 Å². The molecule has 0 spiro atoms. The van der Waals surface area contributed by atoms with Gasteiger partial charge in [-0.2, -0.15) is 0 Å². The van der Waals surface area contributed by atoms with E-state index in [1.165, 1.54) is 6.42 Å². The van der Waals surface area contributed by atoms with Crippen LogP contribution in [0, 0.1) is 0 Å². The lowest BCUT2D eigenvalue weighted by Crippen LogP contribution is -2.49. The van der Waals surface area contributed by atoms with Gasteiger partial charge in [-0.05, 0) is 55.5 Å². The van der Waals surface area contributed by atoms with Gasteiger partial charge in [-0.15, -0.1) is 0 Å². The van der Waals surface area contributed by atoms with E-state index >= 15 is 0 Å². The maximum Gasteiger partial charge on any atom is 0.242 e. The van der Waals surface area contributed by atoms with Gasteiger partial charge in [-0.1, -0.05) is 31.4 Å². The molecule has 0 bridgehead atoms. The van der Waals surface area contributed by atoms with Crippen molar-refractivity contribution in [3.8, 4) is 5.75 Å². The average molecular weight is 438 g/mol. The lowest BCUT2D eigenvalue weighted by Gasteiger charge is -2.35. The standard InChI is InChI=1S/C26H35N3O3/c1-27-16-6-9-23(27)18-28(22-12-13-22)26(31)19-29(21-7-4-3-5-8-21)25(30)17-20-10-14-24(32-2)15-11-20/h6,9-11,14-16,21-22H,3-5,7-8,12-13,17-19H2,1-2H3. The molecule has 1 aromatic carbocycles. The van der Waals surface area contributed by atoms with E-state index in [9.17, 15) is 9.59 Å². The Balaban J connectivity index is 1.48. The van der Waals surface area contributed by atoms with Crippen molar-refractivity contribution in [1.29, 1.82) is 0 Å². The minimum Gasteiger partial charge on any atom is -0.497 e. The van der Waals surface area contributed by atoms with Gasteiger partial charge in [0.1, 0.15) is 12.3 Å². The number of aryl methyl sites for hydroxylation is 1. The number of amides is 2. The topological polar surface area (TPSA) is 54.8 Å². The van der Waals surface area contributed by atoms with Crippen LogP contribution < -0.4 is 4.74 Å². The van der Waals surface area contributed by atoms with Gasteiger partial charge in [0.15, 0.2) is 0 Å². The van der Waals surface area contributed by atoms with Crippen LogP contribution in [0.1, 0.15) is 56.2 Å². The molecule has 2 aliphatic rings. The van der Waals surface area contributed by atoms with Crippen LogP contribution in [0.2, 0.25) is 0 Å². The zero-order valence-electron chi connectivity index (χ0n) is 19.3. The second-order valence-corrected chi connectivity index (χ2v) is 9.20. The first-order valence-corrected chi connectivity index (χ1v) is 11.9. The number of benzene rings is 1. The smallest absolute Gasteiger partial charge is 0.242 e. The zero-order chi connectivity index (χ0) is 22.5. The van der Waals surface area contributed by atoms with Crippen molar-refractivity contribution in [2.75, 3.05) is 13.7 Å². The van der Waals surface area contributed by atoms with E-state index < -0.39 is 0 Å². The number of nitrogens with zero attached hydrogens (tertiary/aromatic N) is 3. The third-order valence-electron chi connectivity index (χ3n) is 6.85. The first-order valence-electron chi connectivity index (χ1n) is 11.9. The van der Waals surface area contributed by atoms with Crippen molar-refractivity contribution >= 4 is 11.8 Å². The fourth-order valence-corrected chi connectivity index (χ4v) is 4.71. The van der Waals surface area contributed by atoms with E-state index in [-0.39, 0.29) is 24.4 Å². The van der Waals surface area contributed by atoms with Crippen molar-refractivity contribution in [3.63, 3.8) is 0 Å².